The van der Waals surface area contributed by atoms with Crippen LogP contribution in [0.2, 0.25) is 0 Å². The van der Waals surface area contributed by atoms with Gasteiger partial charge in [-0.1, -0.05) is 18.2 Å². The minimum atomic E-state index is 1.24. The smallest absolute Gasteiger partial charge is 0.0535 e. The van der Waals surface area contributed by atoms with E-state index in [0.29, 0.717) is 0 Å². The normalized spacial score (nSPS) is 10.6. The van der Waals surface area contributed by atoms with Crippen molar-refractivity contribution >= 4 is 11.3 Å². The summed E-state index contributed by atoms with van der Waals surface area (Å²) >= 11 is 1.80. The molecule has 1 aromatic carbocycles. The number of thiophene rings is 1. The Kier molecular flexibility index (Phi) is 2.57. The molecule has 0 spiro atoms. The molecule has 0 N–H and O–H groups in total. The maximum atomic E-state index is 2.24. The molecule has 0 radical (unpaired) electrons. The van der Waals surface area contributed by atoms with Crippen molar-refractivity contribution in [2.24, 2.45) is 0 Å². The van der Waals surface area contributed by atoms with Crippen LogP contribution in [-0.4, -0.2) is 4.57 Å². The van der Waals surface area contributed by atoms with Crippen molar-refractivity contribution in [2.45, 2.75) is 6.92 Å². The highest BCUT2D eigenvalue weighted by atomic mass is 32.1. The lowest BCUT2D eigenvalue weighted by atomic mass is 10.1. The molecule has 0 fully saturated rings. The quantitative estimate of drug-likeness (QED) is 0.620. The van der Waals surface area contributed by atoms with Crippen LogP contribution in [0, 0.1) is 6.92 Å². The highest BCUT2D eigenvalue weighted by molar-refractivity contribution is 7.13. The van der Waals surface area contributed by atoms with Crippen LogP contribution in [0.5, 0.6) is 0 Å². The summed E-state index contributed by atoms with van der Waals surface area (Å²) in [5.74, 6) is 0. The van der Waals surface area contributed by atoms with Gasteiger partial charge in [-0.25, -0.2) is 0 Å². The molecule has 17 heavy (non-hydrogen) atoms. The van der Waals surface area contributed by atoms with E-state index in [9.17, 15) is 0 Å². The van der Waals surface area contributed by atoms with Gasteiger partial charge in [-0.2, -0.15) is 0 Å². The Bertz CT molecular complexity index is 620. The fourth-order valence-corrected chi connectivity index (χ4v) is 2.91. The van der Waals surface area contributed by atoms with Crippen molar-refractivity contribution in [1.82, 2.24) is 4.57 Å². The molecule has 3 rings (SSSR count). The van der Waals surface area contributed by atoms with Gasteiger partial charge in [0.2, 0.25) is 0 Å². The predicted molar refractivity (Wildman–Crippen MR) is 73.8 cm³/mol. The number of nitrogens with zero attached hydrogens (tertiary/aromatic N) is 1. The molecule has 84 valence electrons. The van der Waals surface area contributed by atoms with E-state index < -0.39 is 0 Å². The highest BCUT2D eigenvalue weighted by Crippen LogP contribution is 2.31. The van der Waals surface area contributed by atoms with E-state index in [4.69, 9.17) is 0 Å². The first kappa shape index (κ1) is 10.4. The zero-order valence-electron chi connectivity index (χ0n) is 9.63. The highest BCUT2D eigenvalue weighted by Gasteiger charge is 2.07. The molecule has 0 aliphatic rings. The summed E-state index contributed by atoms with van der Waals surface area (Å²) in [5, 5.41) is 2.20. The van der Waals surface area contributed by atoms with Gasteiger partial charge >= 0.3 is 0 Å². The van der Waals surface area contributed by atoms with Crippen LogP contribution < -0.4 is 0 Å². The van der Waals surface area contributed by atoms with Crippen molar-refractivity contribution in [3.8, 4) is 16.1 Å². The topological polar surface area (TPSA) is 4.93 Å². The summed E-state index contributed by atoms with van der Waals surface area (Å²) in [4.78, 5) is 1.33. The monoisotopic (exact) mass is 239 g/mol. The first-order valence-corrected chi connectivity index (χ1v) is 6.50. The molecule has 0 amide bonds. The second-order valence-electron chi connectivity index (χ2n) is 4.10. The van der Waals surface area contributed by atoms with E-state index in [1.54, 1.807) is 11.3 Å². The van der Waals surface area contributed by atoms with E-state index >= 15 is 0 Å². The van der Waals surface area contributed by atoms with Gasteiger partial charge in [0.05, 0.1) is 5.69 Å². The number of hydrogen-bond acceptors (Lipinski definition) is 1. The largest absolute Gasteiger partial charge is 0.323 e. The van der Waals surface area contributed by atoms with Gasteiger partial charge in [-0.3, -0.25) is 0 Å². The molecule has 3 aromatic rings. The van der Waals surface area contributed by atoms with Crippen LogP contribution in [0.15, 0.2) is 60.2 Å². The Labute approximate surface area is 105 Å². The Morgan fingerprint density at radius 1 is 1.00 bits per heavy atom. The second-order valence-corrected chi connectivity index (χ2v) is 5.01. The molecular weight excluding hydrogens is 226 g/mol. The summed E-state index contributed by atoms with van der Waals surface area (Å²) in [5.41, 5.74) is 3.86. The molecule has 2 aromatic heterocycles. The van der Waals surface area contributed by atoms with E-state index in [-0.39, 0.29) is 0 Å². The molecule has 2 heterocycles. The Morgan fingerprint density at radius 2 is 1.76 bits per heavy atom. The average Bonchev–Trinajstić information content (AvgIpc) is 3.00. The minimum Gasteiger partial charge on any atom is -0.323 e. The predicted octanol–water partition coefficient (Wildman–Crippen LogP) is 4.51. The summed E-state index contributed by atoms with van der Waals surface area (Å²) in [6.45, 7) is 2.14. The van der Waals surface area contributed by atoms with Crippen molar-refractivity contribution in [2.75, 3.05) is 0 Å². The molecule has 0 atom stereocenters. The Hall–Kier alpha value is -1.80. The van der Waals surface area contributed by atoms with E-state index in [0.717, 1.165) is 0 Å². The standard InChI is InChI=1S/C15H13NS/c1-12-10-15(17-11-12)13-6-2-3-7-14(13)16-8-4-5-9-16/h2-11H,1H3. The number of para-hydroxylation sites is 1. The maximum Gasteiger partial charge on any atom is 0.0535 e. The molecule has 2 heteroatoms. The van der Waals surface area contributed by atoms with Crippen LogP contribution in [0.1, 0.15) is 5.56 Å². The number of benzene rings is 1. The van der Waals surface area contributed by atoms with E-state index in [1.807, 2.05) is 0 Å². The third kappa shape index (κ3) is 1.92. The Balaban J connectivity index is 2.17. The lowest BCUT2D eigenvalue weighted by Gasteiger charge is -2.08. The first-order chi connectivity index (χ1) is 8.34. The Morgan fingerprint density at radius 3 is 2.47 bits per heavy atom. The lowest BCUT2D eigenvalue weighted by Crippen LogP contribution is -1.92. The fourth-order valence-electron chi connectivity index (χ4n) is 1.97. The zero-order valence-corrected chi connectivity index (χ0v) is 10.4. The van der Waals surface area contributed by atoms with Crippen molar-refractivity contribution in [1.29, 1.82) is 0 Å². The second kappa shape index (κ2) is 4.22. The summed E-state index contributed by atoms with van der Waals surface area (Å²) < 4.78 is 2.16. The summed E-state index contributed by atoms with van der Waals surface area (Å²) in [6.07, 6.45) is 4.17. The van der Waals surface area contributed by atoms with Gasteiger partial charge in [0, 0.05) is 22.8 Å². The van der Waals surface area contributed by atoms with Gasteiger partial charge in [-0.05, 0) is 42.1 Å². The number of hydrogen-bond donors (Lipinski definition) is 0. The number of aromatic nitrogens is 1. The van der Waals surface area contributed by atoms with Gasteiger partial charge in [0.15, 0.2) is 0 Å². The van der Waals surface area contributed by atoms with Crippen molar-refractivity contribution in [3.05, 3.63) is 65.8 Å². The first-order valence-electron chi connectivity index (χ1n) is 5.62. The van der Waals surface area contributed by atoms with Gasteiger partial charge in [0.1, 0.15) is 0 Å². The van der Waals surface area contributed by atoms with E-state index in [1.165, 1.54) is 21.7 Å². The third-order valence-electron chi connectivity index (χ3n) is 2.78. The zero-order chi connectivity index (χ0) is 11.7. The van der Waals surface area contributed by atoms with Crippen LogP contribution in [0.4, 0.5) is 0 Å². The van der Waals surface area contributed by atoms with Crippen LogP contribution in [0.25, 0.3) is 16.1 Å². The van der Waals surface area contributed by atoms with Crippen LogP contribution in [-0.2, 0) is 0 Å². The average molecular weight is 239 g/mol. The summed E-state index contributed by atoms with van der Waals surface area (Å²) in [6, 6.07) is 14.9. The van der Waals surface area contributed by atoms with Crippen molar-refractivity contribution < 1.29 is 0 Å². The minimum absolute atomic E-state index is 1.24. The number of rotatable bonds is 2. The molecule has 0 bridgehead atoms. The van der Waals surface area contributed by atoms with Crippen LogP contribution >= 0.6 is 11.3 Å². The molecule has 0 saturated carbocycles. The van der Waals surface area contributed by atoms with E-state index in [2.05, 4.69) is 71.7 Å². The maximum absolute atomic E-state index is 2.24. The molecule has 0 saturated heterocycles. The summed E-state index contributed by atoms with van der Waals surface area (Å²) in [7, 11) is 0. The fraction of sp³-hybridized carbons (Fsp3) is 0.0667. The molecular formula is C15H13NS. The molecule has 0 unspecified atom stereocenters. The number of aryl methyl sites for hydroxylation is 1. The van der Waals surface area contributed by atoms with Gasteiger partial charge < -0.3 is 4.57 Å². The lowest BCUT2D eigenvalue weighted by molar-refractivity contribution is 1.08. The molecule has 0 aliphatic heterocycles. The third-order valence-corrected chi connectivity index (χ3v) is 3.86. The van der Waals surface area contributed by atoms with Crippen molar-refractivity contribution in [3.63, 3.8) is 0 Å². The van der Waals surface area contributed by atoms with Gasteiger partial charge in [0.25, 0.3) is 0 Å². The van der Waals surface area contributed by atoms with Gasteiger partial charge in [-0.15, -0.1) is 11.3 Å². The SMILES string of the molecule is Cc1csc(-c2ccccc2-n2cccc2)c1. The molecule has 1 nitrogen and oxygen atoms in total. The molecule has 0 aliphatic carbocycles. The van der Waals surface area contributed by atoms with Crippen LogP contribution in [0.3, 0.4) is 0 Å².